The van der Waals surface area contributed by atoms with Crippen LogP contribution in [0.15, 0.2) is 24.3 Å². The maximum atomic E-state index is 12.7. The molecule has 0 bridgehead atoms. The second kappa shape index (κ2) is 5.89. The van der Waals surface area contributed by atoms with Crippen LogP contribution in [0.2, 0.25) is 0 Å². The summed E-state index contributed by atoms with van der Waals surface area (Å²) in [7, 11) is 0. The molecule has 3 heterocycles. The van der Waals surface area contributed by atoms with Crippen LogP contribution >= 0.6 is 0 Å². The standard InChI is InChI=1S/C17H23N3O2/c21-17(19-9-11-22-12-10-19)20-8-7-18-6-5-14-3-1-2-4-15(14)16(18)13-20/h1-4,16H,5-13H2. The minimum Gasteiger partial charge on any atom is -0.378 e. The van der Waals surface area contributed by atoms with Crippen LogP contribution in [0, 0.1) is 0 Å². The van der Waals surface area contributed by atoms with Crippen molar-refractivity contribution in [1.82, 2.24) is 14.7 Å². The van der Waals surface area contributed by atoms with Crippen molar-refractivity contribution in [3.63, 3.8) is 0 Å². The molecule has 3 aliphatic heterocycles. The fraction of sp³-hybridized carbons (Fsp3) is 0.588. The molecule has 0 radical (unpaired) electrons. The van der Waals surface area contributed by atoms with Crippen molar-refractivity contribution in [2.24, 2.45) is 0 Å². The third-order valence-corrected chi connectivity index (χ3v) is 5.13. The number of fused-ring (bicyclic) bond motifs is 3. The first-order valence-electron chi connectivity index (χ1n) is 8.26. The first-order chi connectivity index (χ1) is 10.8. The fourth-order valence-electron chi connectivity index (χ4n) is 3.86. The Morgan fingerprint density at radius 3 is 2.68 bits per heavy atom. The van der Waals surface area contributed by atoms with Crippen molar-refractivity contribution in [3.05, 3.63) is 35.4 Å². The van der Waals surface area contributed by atoms with Crippen molar-refractivity contribution in [1.29, 1.82) is 0 Å². The number of ether oxygens (including phenoxy) is 1. The second-order valence-corrected chi connectivity index (χ2v) is 6.33. The smallest absolute Gasteiger partial charge is 0.320 e. The summed E-state index contributed by atoms with van der Waals surface area (Å²) in [5, 5.41) is 0. The molecular weight excluding hydrogens is 278 g/mol. The van der Waals surface area contributed by atoms with Gasteiger partial charge in [-0.05, 0) is 17.5 Å². The van der Waals surface area contributed by atoms with Crippen molar-refractivity contribution >= 4 is 6.03 Å². The molecule has 3 aliphatic rings. The monoisotopic (exact) mass is 301 g/mol. The lowest BCUT2D eigenvalue weighted by Crippen LogP contribution is -2.56. The summed E-state index contributed by atoms with van der Waals surface area (Å²) in [4.78, 5) is 19.2. The van der Waals surface area contributed by atoms with Crippen LogP contribution in [0.25, 0.3) is 0 Å². The van der Waals surface area contributed by atoms with E-state index in [0.29, 0.717) is 19.3 Å². The zero-order chi connectivity index (χ0) is 14.9. The minimum absolute atomic E-state index is 0.186. The summed E-state index contributed by atoms with van der Waals surface area (Å²) in [6.07, 6.45) is 1.13. The van der Waals surface area contributed by atoms with Crippen molar-refractivity contribution in [2.75, 3.05) is 52.5 Å². The van der Waals surface area contributed by atoms with Crippen LogP contribution in [0.1, 0.15) is 17.2 Å². The number of benzene rings is 1. The molecule has 22 heavy (non-hydrogen) atoms. The lowest BCUT2D eigenvalue weighted by Gasteiger charge is -2.46. The molecule has 0 N–H and O–H groups in total. The van der Waals surface area contributed by atoms with Crippen molar-refractivity contribution < 1.29 is 9.53 Å². The van der Waals surface area contributed by atoms with E-state index in [-0.39, 0.29) is 6.03 Å². The molecule has 0 spiro atoms. The van der Waals surface area contributed by atoms with E-state index in [1.165, 1.54) is 11.1 Å². The second-order valence-electron chi connectivity index (χ2n) is 6.33. The Balaban J connectivity index is 1.51. The van der Waals surface area contributed by atoms with E-state index in [0.717, 1.165) is 45.7 Å². The van der Waals surface area contributed by atoms with Gasteiger partial charge >= 0.3 is 6.03 Å². The molecular formula is C17H23N3O2. The van der Waals surface area contributed by atoms with Crippen LogP contribution < -0.4 is 0 Å². The maximum absolute atomic E-state index is 12.7. The van der Waals surface area contributed by atoms with Gasteiger partial charge in [-0.3, -0.25) is 4.90 Å². The molecule has 1 aromatic carbocycles. The zero-order valence-electron chi connectivity index (χ0n) is 12.9. The van der Waals surface area contributed by atoms with E-state index in [1.807, 2.05) is 9.80 Å². The summed E-state index contributed by atoms with van der Waals surface area (Å²) in [6, 6.07) is 9.25. The highest BCUT2D eigenvalue weighted by molar-refractivity contribution is 5.74. The van der Waals surface area contributed by atoms with Gasteiger partial charge in [-0.2, -0.15) is 0 Å². The largest absolute Gasteiger partial charge is 0.378 e. The molecule has 2 amide bonds. The normalized spacial score (nSPS) is 25.5. The number of carbonyl (C=O) groups excluding carboxylic acids is 1. The van der Waals surface area contributed by atoms with E-state index in [9.17, 15) is 4.79 Å². The summed E-state index contributed by atoms with van der Waals surface area (Å²) in [5.74, 6) is 0. The van der Waals surface area contributed by atoms with Gasteiger partial charge in [-0.1, -0.05) is 24.3 Å². The lowest BCUT2D eigenvalue weighted by molar-refractivity contribution is 0.0282. The Hall–Kier alpha value is -1.59. The number of morpholine rings is 1. The Kier molecular flexibility index (Phi) is 3.76. The highest BCUT2D eigenvalue weighted by atomic mass is 16.5. The van der Waals surface area contributed by atoms with E-state index < -0.39 is 0 Å². The Bertz CT molecular complexity index is 557. The predicted octanol–water partition coefficient (Wildman–Crippen LogP) is 1.35. The third-order valence-electron chi connectivity index (χ3n) is 5.13. The highest BCUT2D eigenvalue weighted by Gasteiger charge is 2.35. The first-order valence-corrected chi connectivity index (χ1v) is 8.26. The molecule has 2 saturated heterocycles. The summed E-state index contributed by atoms with van der Waals surface area (Å²) < 4.78 is 5.35. The molecule has 0 aromatic heterocycles. The van der Waals surface area contributed by atoms with E-state index in [1.54, 1.807) is 0 Å². The molecule has 2 fully saturated rings. The summed E-state index contributed by atoms with van der Waals surface area (Å²) >= 11 is 0. The summed E-state index contributed by atoms with van der Waals surface area (Å²) in [6.45, 7) is 6.52. The quantitative estimate of drug-likeness (QED) is 0.726. The Labute approximate surface area is 131 Å². The molecule has 1 unspecified atom stereocenters. The molecule has 4 rings (SSSR count). The number of rotatable bonds is 0. The van der Waals surface area contributed by atoms with E-state index in [4.69, 9.17) is 4.74 Å². The Morgan fingerprint density at radius 2 is 1.82 bits per heavy atom. The van der Waals surface area contributed by atoms with Crippen molar-refractivity contribution in [3.8, 4) is 0 Å². The number of urea groups is 1. The van der Waals surface area contributed by atoms with Gasteiger partial charge in [0, 0.05) is 39.3 Å². The van der Waals surface area contributed by atoms with Gasteiger partial charge in [0.25, 0.3) is 0 Å². The van der Waals surface area contributed by atoms with Gasteiger partial charge in [0.15, 0.2) is 0 Å². The highest BCUT2D eigenvalue weighted by Crippen LogP contribution is 2.32. The minimum atomic E-state index is 0.186. The third kappa shape index (κ3) is 2.48. The van der Waals surface area contributed by atoms with Gasteiger partial charge in [0.05, 0.1) is 19.3 Å². The average Bonchev–Trinajstić information content (AvgIpc) is 2.61. The molecule has 0 aliphatic carbocycles. The topological polar surface area (TPSA) is 36.0 Å². The molecule has 1 atom stereocenters. The number of amides is 2. The van der Waals surface area contributed by atoms with Crippen LogP contribution in [0.4, 0.5) is 4.79 Å². The van der Waals surface area contributed by atoms with Gasteiger partial charge in [0.1, 0.15) is 0 Å². The van der Waals surface area contributed by atoms with Crippen LogP contribution in [-0.4, -0.2) is 73.2 Å². The first kappa shape index (κ1) is 14.0. The summed E-state index contributed by atoms with van der Waals surface area (Å²) in [5.41, 5.74) is 2.86. The lowest BCUT2D eigenvalue weighted by atomic mass is 9.91. The van der Waals surface area contributed by atoms with Gasteiger partial charge in [-0.25, -0.2) is 4.79 Å². The van der Waals surface area contributed by atoms with E-state index in [2.05, 4.69) is 29.2 Å². The van der Waals surface area contributed by atoms with Gasteiger partial charge in [-0.15, -0.1) is 0 Å². The van der Waals surface area contributed by atoms with E-state index >= 15 is 0 Å². The van der Waals surface area contributed by atoms with Crippen LogP contribution in [-0.2, 0) is 11.2 Å². The number of nitrogens with zero attached hydrogens (tertiary/aromatic N) is 3. The maximum Gasteiger partial charge on any atom is 0.320 e. The fourth-order valence-corrected chi connectivity index (χ4v) is 3.86. The van der Waals surface area contributed by atoms with Crippen LogP contribution in [0.5, 0.6) is 0 Å². The SMILES string of the molecule is O=C(N1CCOCC1)N1CCN2CCc3ccccc3C2C1. The molecule has 118 valence electrons. The number of piperazine rings is 1. The number of hydrogen-bond donors (Lipinski definition) is 0. The average molecular weight is 301 g/mol. The van der Waals surface area contributed by atoms with Crippen LogP contribution in [0.3, 0.4) is 0 Å². The zero-order valence-corrected chi connectivity index (χ0v) is 12.9. The Morgan fingerprint density at radius 1 is 1.00 bits per heavy atom. The molecule has 0 saturated carbocycles. The predicted molar refractivity (Wildman–Crippen MR) is 83.8 cm³/mol. The number of hydrogen-bond acceptors (Lipinski definition) is 3. The molecule has 5 nitrogen and oxygen atoms in total. The van der Waals surface area contributed by atoms with Crippen molar-refractivity contribution in [2.45, 2.75) is 12.5 Å². The molecule has 5 heteroatoms. The molecule has 1 aromatic rings. The van der Waals surface area contributed by atoms with Gasteiger partial charge in [0.2, 0.25) is 0 Å². The van der Waals surface area contributed by atoms with Gasteiger partial charge < -0.3 is 14.5 Å². The number of carbonyl (C=O) groups is 1.